The zero-order valence-corrected chi connectivity index (χ0v) is 16.5. The number of benzene rings is 2. The number of nitrogens with zero attached hydrogens (tertiary/aromatic N) is 4. The SMILES string of the molecule is CC(c1nc2ccccc2n1Cc1c(F)cccc1Cl)N1CCN(C)CC1. The molecule has 4 nitrogen and oxygen atoms in total. The second-order valence-corrected chi connectivity index (χ2v) is 7.67. The largest absolute Gasteiger partial charge is 0.322 e. The van der Waals surface area contributed by atoms with Crippen LogP contribution in [0, 0.1) is 5.82 Å². The molecule has 1 aromatic heterocycles. The first-order chi connectivity index (χ1) is 13.0. The molecule has 1 aliphatic heterocycles. The third-order valence-corrected chi connectivity index (χ3v) is 5.88. The fourth-order valence-corrected chi connectivity index (χ4v) is 4.02. The average molecular weight is 387 g/mol. The Morgan fingerprint density at radius 2 is 1.81 bits per heavy atom. The van der Waals surface area contributed by atoms with E-state index in [1.165, 1.54) is 6.07 Å². The van der Waals surface area contributed by atoms with Crippen LogP contribution in [0.4, 0.5) is 4.39 Å². The molecule has 1 unspecified atom stereocenters. The van der Waals surface area contributed by atoms with Crippen molar-refractivity contribution >= 4 is 22.6 Å². The maximum absolute atomic E-state index is 14.4. The van der Waals surface area contributed by atoms with Crippen LogP contribution < -0.4 is 0 Å². The Bertz CT molecular complexity index is 926. The summed E-state index contributed by atoms with van der Waals surface area (Å²) in [6.45, 7) is 6.65. The number of piperazine rings is 1. The Hall–Kier alpha value is -1.95. The fraction of sp³-hybridized carbons (Fsp3) is 0.381. The maximum Gasteiger partial charge on any atom is 0.129 e. The van der Waals surface area contributed by atoms with Gasteiger partial charge in [0.15, 0.2) is 0 Å². The molecule has 1 aliphatic rings. The molecule has 0 bridgehead atoms. The summed E-state index contributed by atoms with van der Waals surface area (Å²) < 4.78 is 16.6. The van der Waals surface area contributed by atoms with E-state index in [1.54, 1.807) is 12.1 Å². The van der Waals surface area contributed by atoms with Crippen LogP contribution in [0.15, 0.2) is 42.5 Å². The number of para-hydroxylation sites is 2. The Morgan fingerprint density at radius 1 is 1.07 bits per heavy atom. The molecule has 2 aromatic carbocycles. The first kappa shape index (κ1) is 18.4. The van der Waals surface area contributed by atoms with Crippen molar-refractivity contribution in [3.8, 4) is 0 Å². The lowest BCUT2D eigenvalue weighted by molar-refractivity contribution is 0.114. The van der Waals surface area contributed by atoms with Gasteiger partial charge in [0, 0.05) is 36.8 Å². The van der Waals surface area contributed by atoms with Gasteiger partial charge in [-0.05, 0) is 38.2 Å². The smallest absolute Gasteiger partial charge is 0.129 e. The van der Waals surface area contributed by atoms with Gasteiger partial charge < -0.3 is 9.47 Å². The standard InChI is InChI=1S/C21H24ClFN4/c1-15(26-12-10-25(2)11-13-26)21-24-19-8-3-4-9-20(19)27(21)14-16-17(22)6-5-7-18(16)23/h3-9,15H,10-14H2,1-2H3. The molecule has 6 heteroatoms. The normalized spacial score (nSPS) is 17.5. The lowest BCUT2D eigenvalue weighted by Gasteiger charge is -2.36. The van der Waals surface area contributed by atoms with Crippen LogP contribution in [0.3, 0.4) is 0 Å². The zero-order valence-electron chi connectivity index (χ0n) is 15.7. The van der Waals surface area contributed by atoms with E-state index in [2.05, 4.69) is 28.3 Å². The molecule has 0 N–H and O–H groups in total. The number of rotatable bonds is 4. The van der Waals surface area contributed by atoms with Gasteiger partial charge >= 0.3 is 0 Å². The number of hydrogen-bond acceptors (Lipinski definition) is 3. The van der Waals surface area contributed by atoms with E-state index in [0.29, 0.717) is 17.1 Å². The highest BCUT2D eigenvalue weighted by Crippen LogP contribution is 2.28. The molecule has 3 aromatic rings. The summed E-state index contributed by atoms with van der Waals surface area (Å²) in [5.74, 6) is 0.679. The molecule has 0 aliphatic carbocycles. The molecule has 142 valence electrons. The van der Waals surface area contributed by atoms with E-state index >= 15 is 0 Å². The summed E-state index contributed by atoms with van der Waals surface area (Å²) in [6.07, 6.45) is 0. The Kier molecular flexibility index (Phi) is 5.17. The summed E-state index contributed by atoms with van der Waals surface area (Å²) in [7, 11) is 2.15. The van der Waals surface area contributed by atoms with Crippen LogP contribution in [0.1, 0.15) is 24.4 Å². The van der Waals surface area contributed by atoms with E-state index in [1.807, 2.05) is 24.3 Å². The third kappa shape index (κ3) is 3.59. The highest BCUT2D eigenvalue weighted by atomic mass is 35.5. The van der Waals surface area contributed by atoms with Crippen LogP contribution in [-0.2, 0) is 6.54 Å². The van der Waals surface area contributed by atoms with E-state index in [0.717, 1.165) is 43.0 Å². The topological polar surface area (TPSA) is 24.3 Å². The van der Waals surface area contributed by atoms with Crippen molar-refractivity contribution in [3.63, 3.8) is 0 Å². The number of halogens is 2. The molecule has 2 heterocycles. The molecule has 1 fully saturated rings. The molecule has 27 heavy (non-hydrogen) atoms. The van der Waals surface area contributed by atoms with Crippen LogP contribution in [0.25, 0.3) is 11.0 Å². The Labute approximate surface area is 164 Å². The van der Waals surface area contributed by atoms with Gasteiger partial charge in [-0.1, -0.05) is 29.8 Å². The highest BCUT2D eigenvalue weighted by Gasteiger charge is 2.25. The van der Waals surface area contributed by atoms with Crippen LogP contribution in [0.2, 0.25) is 5.02 Å². The van der Waals surface area contributed by atoms with Crippen molar-refractivity contribution < 1.29 is 4.39 Å². The molecule has 0 saturated carbocycles. The first-order valence-electron chi connectivity index (χ1n) is 9.35. The highest BCUT2D eigenvalue weighted by molar-refractivity contribution is 6.31. The lowest BCUT2D eigenvalue weighted by Crippen LogP contribution is -2.45. The molecule has 0 radical (unpaired) electrons. The summed E-state index contributed by atoms with van der Waals surface area (Å²) in [5, 5.41) is 0.450. The summed E-state index contributed by atoms with van der Waals surface area (Å²) in [6, 6.07) is 13.0. The molecule has 1 atom stereocenters. The second-order valence-electron chi connectivity index (χ2n) is 7.26. The molecule has 1 saturated heterocycles. The summed E-state index contributed by atoms with van der Waals surface area (Å²) in [4.78, 5) is 9.69. The fourth-order valence-electron chi connectivity index (χ4n) is 3.79. The minimum atomic E-state index is -0.279. The van der Waals surface area contributed by atoms with Crippen LogP contribution in [0.5, 0.6) is 0 Å². The van der Waals surface area contributed by atoms with Crippen molar-refractivity contribution in [2.75, 3.05) is 33.2 Å². The Morgan fingerprint density at radius 3 is 2.56 bits per heavy atom. The van der Waals surface area contributed by atoms with Crippen LogP contribution >= 0.6 is 11.6 Å². The molecular formula is C21H24ClFN4. The predicted molar refractivity (Wildman–Crippen MR) is 108 cm³/mol. The van der Waals surface area contributed by atoms with Gasteiger partial charge in [-0.15, -0.1) is 0 Å². The van der Waals surface area contributed by atoms with Crippen LogP contribution in [-0.4, -0.2) is 52.6 Å². The lowest BCUT2D eigenvalue weighted by atomic mass is 10.2. The summed E-state index contributed by atoms with van der Waals surface area (Å²) in [5.41, 5.74) is 2.45. The minimum Gasteiger partial charge on any atom is -0.322 e. The molecular weight excluding hydrogens is 363 g/mol. The molecule has 0 amide bonds. The first-order valence-corrected chi connectivity index (χ1v) is 9.73. The zero-order chi connectivity index (χ0) is 19.0. The summed E-state index contributed by atoms with van der Waals surface area (Å²) >= 11 is 6.30. The quantitative estimate of drug-likeness (QED) is 0.672. The van der Waals surface area contributed by atoms with Crippen molar-refractivity contribution in [2.24, 2.45) is 0 Å². The second kappa shape index (κ2) is 7.58. The maximum atomic E-state index is 14.4. The van der Waals surface area contributed by atoms with E-state index in [-0.39, 0.29) is 11.9 Å². The van der Waals surface area contributed by atoms with Gasteiger partial charge in [0.25, 0.3) is 0 Å². The molecule has 0 spiro atoms. The third-order valence-electron chi connectivity index (χ3n) is 5.52. The molecule has 4 rings (SSSR count). The van der Waals surface area contributed by atoms with E-state index in [9.17, 15) is 4.39 Å². The predicted octanol–water partition coefficient (Wildman–Crippen LogP) is 4.19. The average Bonchev–Trinajstić information content (AvgIpc) is 3.03. The van der Waals surface area contributed by atoms with Crippen molar-refractivity contribution in [2.45, 2.75) is 19.5 Å². The Balaban J connectivity index is 1.75. The van der Waals surface area contributed by atoms with E-state index < -0.39 is 0 Å². The van der Waals surface area contributed by atoms with E-state index in [4.69, 9.17) is 16.6 Å². The number of aromatic nitrogens is 2. The number of imidazole rings is 1. The van der Waals surface area contributed by atoms with Gasteiger partial charge in [-0.3, -0.25) is 4.90 Å². The number of fused-ring (bicyclic) bond motifs is 1. The minimum absolute atomic E-state index is 0.150. The van der Waals surface area contributed by atoms with Gasteiger partial charge in [0.2, 0.25) is 0 Å². The number of hydrogen-bond donors (Lipinski definition) is 0. The van der Waals surface area contributed by atoms with Gasteiger partial charge in [0.1, 0.15) is 11.6 Å². The van der Waals surface area contributed by atoms with Crippen molar-refractivity contribution in [1.29, 1.82) is 0 Å². The van der Waals surface area contributed by atoms with Gasteiger partial charge in [-0.25, -0.2) is 9.37 Å². The van der Waals surface area contributed by atoms with Crippen molar-refractivity contribution in [1.82, 2.24) is 19.4 Å². The van der Waals surface area contributed by atoms with Crippen molar-refractivity contribution in [3.05, 3.63) is 64.7 Å². The van der Waals surface area contributed by atoms with Gasteiger partial charge in [-0.2, -0.15) is 0 Å². The monoisotopic (exact) mass is 386 g/mol. The number of likely N-dealkylation sites (N-methyl/N-ethyl adjacent to an activating group) is 1. The van der Waals surface area contributed by atoms with Gasteiger partial charge in [0.05, 0.1) is 23.6 Å².